The van der Waals surface area contributed by atoms with Crippen molar-refractivity contribution in [2.75, 3.05) is 11.5 Å². The third-order valence-corrected chi connectivity index (χ3v) is 7.37. The van der Waals surface area contributed by atoms with E-state index < -0.39 is 10.2 Å². The molecule has 100 valence electrons. The molecule has 0 aromatic heterocycles. The Bertz CT molecular complexity index is 455. The lowest BCUT2D eigenvalue weighted by Crippen LogP contribution is -2.47. The first kappa shape index (κ1) is 11.6. The van der Waals surface area contributed by atoms with E-state index in [0.29, 0.717) is 17.5 Å². The van der Waals surface area contributed by atoms with E-state index >= 15 is 0 Å². The molecular formula is C12H19N2O2S2+. The van der Waals surface area contributed by atoms with Gasteiger partial charge in [-0.2, -0.15) is 4.55 Å². The van der Waals surface area contributed by atoms with Crippen molar-refractivity contribution in [1.29, 1.82) is 0 Å². The van der Waals surface area contributed by atoms with Crippen LogP contribution in [0.5, 0.6) is 0 Å². The molecule has 4 nitrogen and oxygen atoms in total. The van der Waals surface area contributed by atoms with Crippen molar-refractivity contribution >= 4 is 27.5 Å². The molecule has 2 saturated heterocycles. The van der Waals surface area contributed by atoms with Crippen molar-refractivity contribution in [1.82, 2.24) is 10.2 Å². The second-order valence-electron chi connectivity index (χ2n) is 6.38. The van der Waals surface area contributed by atoms with E-state index in [2.05, 4.69) is 10.2 Å². The number of hydrogen-bond acceptors (Lipinski definition) is 2. The van der Waals surface area contributed by atoms with Gasteiger partial charge in [0.05, 0.1) is 0 Å². The molecular weight excluding hydrogens is 268 g/mol. The summed E-state index contributed by atoms with van der Waals surface area (Å²) in [5.74, 6) is 2.42. The molecule has 0 amide bonds. The molecule has 0 aromatic carbocycles. The van der Waals surface area contributed by atoms with E-state index in [1.807, 2.05) is 0 Å². The number of fused-ring (bicyclic) bond motifs is 3. The highest BCUT2D eigenvalue weighted by molar-refractivity contribution is 7.98. The molecule has 2 N–H and O–H groups in total. The first-order valence-electron chi connectivity index (χ1n) is 6.84. The van der Waals surface area contributed by atoms with Gasteiger partial charge in [-0.15, -0.1) is 0 Å². The molecule has 4 aliphatic rings. The second-order valence-corrected chi connectivity index (χ2v) is 8.98. The Morgan fingerprint density at radius 3 is 2.78 bits per heavy atom. The Balaban J connectivity index is 1.60. The SMILES string of the molecule is O=[S+]1(O)C[C@@H]2NC(=S)N([C@H]3C[C@H]4CC[C@H]3C4)[C@@H]2C1. The van der Waals surface area contributed by atoms with Crippen LogP contribution in [0.3, 0.4) is 0 Å². The number of hydrogen-bond donors (Lipinski definition) is 2. The fourth-order valence-corrected chi connectivity index (χ4v) is 6.94. The normalized spacial score (nSPS) is 53.9. The van der Waals surface area contributed by atoms with Gasteiger partial charge in [-0.1, -0.05) is 10.6 Å². The number of nitrogens with zero attached hydrogens (tertiary/aromatic N) is 1. The van der Waals surface area contributed by atoms with E-state index in [1.54, 1.807) is 0 Å². The monoisotopic (exact) mass is 287 g/mol. The lowest BCUT2D eigenvalue weighted by molar-refractivity contribution is 0.200. The van der Waals surface area contributed by atoms with Crippen molar-refractivity contribution in [3.05, 3.63) is 0 Å². The maximum absolute atomic E-state index is 11.9. The fourth-order valence-electron chi connectivity index (χ4n) is 4.59. The summed E-state index contributed by atoms with van der Waals surface area (Å²) in [5.41, 5.74) is 0. The largest absolute Gasteiger partial charge is 0.353 e. The van der Waals surface area contributed by atoms with Crippen LogP contribution in [0.2, 0.25) is 0 Å². The van der Waals surface area contributed by atoms with Crippen molar-refractivity contribution in [3.63, 3.8) is 0 Å². The Labute approximate surface area is 114 Å². The summed E-state index contributed by atoms with van der Waals surface area (Å²) in [6.45, 7) is 0. The van der Waals surface area contributed by atoms with Gasteiger partial charge in [0.15, 0.2) is 16.6 Å². The van der Waals surface area contributed by atoms with Gasteiger partial charge in [0, 0.05) is 6.04 Å². The van der Waals surface area contributed by atoms with Gasteiger partial charge in [0.1, 0.15) is 12.1 Å². The minimum absolute atomic E-state index is 0.106. The van der Waals surface area contributed by atoms with Crippen LogP contribution in [-0.2, 0) is 14.4 Å². The van der Waals surface area contributed by atoms with Gasteiger partial charge in [0.25, 0.3) is 0 Å². The van der Waals surface area contributed by atoms with E-state index in [0.717, 1.165) is 16.9 Å². The van der Waals surface area contributed by atoms with Crippen molar-refractivity contribution < 1.29 is 8.76 Å². The van der Waals surface area contributed by atoms with Gasteiger partial charge in [-0.25, -0.2) is 0 Å². The first-order chi connectivity index (χ1) is 8.53. The highest BCUT2D eigenvalue weighted by atomic mass is 32.3. The summed E-state index contributed by atoms with van der Waals surface area (Å²) in [4.78, 5) is 2.30. The van der Waals surface area contributed by atoms with E-state index in [1.165, 1.54) is 25.7 Å². The number of rotatable bonds is 1. The standard InChI is InChI=1S/C12H18N2O2S2/c15-18(16)5-9-11(6-18)14(12(17)13-9)10-4-7-1-2-8(10)3-7/h7-11H,1-6H2,(H-,13,15,16,17)/p+1/t7-,8-,9-,10-,11+/m0/s1. The van der Waals surface area contributed by atoms with Crippen LogP contribution in [0.25, 0.3) is 0 Å². The zero-order valence-electron chi connectivity index (χ0n) is 10.2. The van der Waals surface area contributed by atoms with Gasteiger partial charge >= 0.3 is 0 Å². The summed E-state index contributed by atoms with van der Waals surface area (Å²) in [6, 6.07) is 0.806. The summed E-state index contributed by atoms with van der Waals surface area (Å²) >= 11 is 5.46. The lowest BCUT2D eigenvalue weighted by Gasteiger charge is -2.34. The van der Waals surface area contributed by atoms with Crippen LogP contribution in [0, 0.1) is 11.8 Å². The topological polar surface area (TPSA) is 52.6 Å². The van der Waals surface area contributed by atoms with Crippen LogP contribution in [0.1, 0.15) is 25.7 Å². The zero-order valence-corrected chi connectivity index (χ0v) is 11.9. The number of thiocarbonyl (C=S) groups is 1. The molecule has 1 unspecified atom stereocenters. The summed E-state index contributed by atoms with van der Waals surface area (Å²) in [5, 5.41) is 4.11. The third kappa shape index (κ3) is 1.58. The van der Waals surface area contributed by atoms with Crippen LogP contribution in [0.15, 0.2) is 0 Å². The van der Waals surface area contributed by atoms with E-state index in [4.69, 9.17) is 12.2 Å². The molecule has 0 aromatic rings. The third-order valence-electron chi connectivity index (χ3n) is 5.29. The molecule has 6 atom stereocenters. The van der Waals surface area contributed by atoms with Crippen LogP contribution < -0.4 is 5.32 Å². The maximum Gasteiger partial charge on any atom is 0.218 e. The Kier molecular flexibility index (Phi) is 2.37. The van der Waals surface area contributed by atoms with Crippen LogP contribution in [-0.4, -0.2) is 44.2 Å². The Morgan fingerprint density at radius 2 is 2.11 bits per heavy atom. The van der Waals surface area contributed by atoms with Crippen LogP contribution >= 0.6 is 12.2 Å². The summed E-state index contributed by atoms with van der Waals surface area (Å²) in [6.07, 6.45) is 5.28. The highest BCUT2D eigenvalue weighted by Gasteiger charge is 2.57. The molecule has 0 spiro atoms. The second kappa shape index (κ2) is 3.67. The Morgan fingerprint density at radius 1 is 1.28 bits per heavy atom. The molecule has 4 rings (SSSR count). The zero-order chi connectivity index (χ0) is 12.5. The van der Waals surface area contributed by atoms with E-state index in [9.17, 15) is 8.76 Å². The van der Waals surface area contributed by atoms with Crippen molar-refractivity contribution in [2.24, 2.45) is 11.8 Å². The minimum atomic E-state index is -2.62. The van der Waals surface area contributed by atoms with Gasteiger partial charge < -0.3 is 10.2 Å². The highest BCUT2D eigenvalue weighted by Crippen LogP contribution is 2.48. The molecule has 2 aliphatic heterocycles. The predicted octanol–water partition coefficient (Wildman–Crippen LogP) is 1.09. The quantitative estimate of drug-likeness (QED) is 0.558. The molecule has 6 heteroatoms. The minimum Gasteiger partial charge on any atom is -0.353 e. The fraction of sp³-hybridized carbons (Fsp3) is 0.917. The molecule has 2 aliphatic carbocycles. The number of nitrogens with one attached hydrogen (secondary N) is 1. The molecule has 2 saturated carbocycles. The van der Waals surface area contributed by atoms with E-state index in [-0.39, 0.29) is 12.1 Å². The first-order valence-corrected chi connectivity index (χ1v) is 9.10. The molecule has 2 heterocycles. The molecule has 2 bridgehead atoms. The summed E-state index contributed by atoms with van der Waals surface area (Å²) < 4.78 is 21.7. The van der Waals surface area contributed by atoms with Gasteiger partial charge in [-0.05, 0) is 43.3 Å². The van der Waals surface area contributed by atoms with Gasteiger partial charge in [-0.3, -0.25) is 0 Å². The summed E-state index contributed by atoms with van der Waals surface area (Å²) in [7, 11) is -2.62. The molecule has 4 fully saturated rings. The van der Waals surface area contributed by atoms with Crippen molar-refractivity contribution in [3.8, 4) is 0 Å². The average Bonchev–Trinajstić information content (AvgIpc) is 2.96. The van der Waals surface area contributed by atoms with Gasteiger partial charge in [0.2, 0.25) is 10.2 Å². The Hall–Kier alpha value is -0.200. The maximum atomic E-state index is 11.9. The van der Waals surface area contributed by atoms with Crippen LogP contribution in [0.4, 0.5) is 0 Å². The average molecular weight is 287 g/mol. The lowest BCUT2D eigenvalue weighted by atomic mass is 9.93. The molecule has 18 heavy (non-hydrogen) atoms. The van der Waals surface area contributed by atoms with Crippen molar-refractivity contribution in [2.45, 2.75) is 43.8 Å². The molecule has 0 radical (unpaired) electrons. The predicted molar refractivity (Wildman–Crippen MR) is 74.8 cm³/mol. The smallest absolute Gasteiger partial charge is 0.218 e.